The largest absolute Gasteiger partial charge is 0.492 e. The van der Waals surface area contributed by atoms with Gasteiger partial charge in [0.05, 0.1) is 6.10 Å². The van der Waals surface area contributed by atoms with Crippen molar-refractivity contribution < 1.29 is 9.84 Å². The number of benzene rings is 3. The van der Waals surface area contributed by atoms with Crippen LogP contribution in [-0.2, 0) is 6.54 Å². The van der Waals surface area contributed by atoms with Gasteiger partial charge >= 0.3 is 0 Å². The van der Waals surface area contributed by atoms with Crippen LogP contribution in [0.3, 0.4) is 0 Å². The Morgan fingerprint density at radius 1 is 0.844 bits per heavy atom. The first-order valence-corrected chi connectivity index (χ1v) is 12.8. The molecule has 2 aliphatic rings. The molecule has 3 nitrogen and oxygen atoms in total. The van der Waals surface area contributed by atoms with Gasteiger partial charge in [0.15, 0.2) is 0 Å². The molecule has 0 aliphatic carbocycles. The molecular weight excluding hydrogens is 414 g/mol. The molecule has 1 saturated heterocycles. The summed E-state index contributed by atoms with van der Waals surface area (Å²) in [6.45, 7) is 2.60. The van der Waals surface area contributed by atoms with Crippen molar-refractivity contribution in [1.82, 2.24) is 4.90 Å². The monoisotopic (exact) mass is 445 g/mol. The van der Waals surface area contributed by atoms with Crippen LogP contribution in [0.4, 0.5) is 0 Å². The fraction of sp³-hybridized carbons (Fsp3) is 0.357. The molecule has 0 spiro atoms. The van der Waals surface area contributed by atoms with Crippen LogP contribution < -0.4 is 4.74 Å². The van der Waals surface area contributed by atoms with Gasteiger partial charge in [-0.1, -0.05) is 66.7 Å². The highest BCUT2D eigenvalue weighted by Crippen LogP contribution is 2.38. The average Bonchev–Trinajstić information content (AvgIpc) is 3.08. The molecule has 0 amide bonds. The van der Waals surface area contributed by atoms with Crippen LogP contribution in [0.2, 0.25) is 0 Å². The normalized spacial score (nSPS) is 18.6. The van der Waals surface area contributed by atoms with Gasteiger partial charge in [-0.15, -0.1) is 0 Å². The highest BCUT2D eigenvalue weighted by Gasteiger charge is 2.28. The molecule has 1 atom stereocenters. The average molecular weight is 446 g/mol. The summed E-state index contributed by atoms with van der Waals surface area (Å²) in [6.07, 6.45) is 1.88. The van der Waals surface area contributed by atoms with Gasteiger partial charge in [-0.2, -0.15) is 11.8 Å². The molecule has 3 aromatic carbocycles. The van der Waals surface area contributed by atoms with Gasteiger partial charge in [-0.05, 0) is 53.2 Å². The zero-order chi connectivity index (χ0) is 21.8. The van der Waals surface area contributed by atoms with E-state index in [1.807, 2.05) is 42.5 Å². The standard InChI is InChI=1S/C28H31NO2S/c30-28(27(21-7-3-1-4-8-21)22-9-5-2-6-10-22)23-11-12-26-24(19-23)20-29(15-16-31-26)25-13-17-32-18-14-25/h1-12,19,25,27-28,30H,13-18,20H2/t28-/m1/s1. The second-order valence-electron chi connectivity index (χ2n) is 8.77. The minimum absolute atomic E-state index is 0.117. The van der Waals surface area contributed by atoms with E-state index in [9.17, 15) is 5.11 Å². The van der Waals surface area contributed by atoms with E-state index in [2.05, 4.69) is 53.1 Å². The highest BCUT2D eigenvalue weighted by molar-refractivity contribution is 7.99. The first-order chi connectivity index (χ1) is 15.8. The van der Waals surface area contributed by atoms with Crippen LogP contribution in [0.5, 0.6) is 5.75 Å². The van der Waals surface area contributed by atoms with Crippen molar-refractivity contribution in [2.45, 2.75) is 37.5 Å². The number of hydrogen-bond donors (Lipinski definition) is 1. The summed E-state index contributed by atoms with van der Waals surface area (Å²) < 4.78 is 6.11. The Labute approximate surface area is 195 Å². The van der Waals surface area contributed by atoms with Crippen molar-refractivity contribution >= 4 is 11.8 Å². The van der Waals surface area contributed by atoms with E-state index < -0.39 is 6.10 Å². The Morgan fingerprint density at radius 3 is 2.16 bits per heavy atom. The van der Waals surface area contributed by atoms with E-state index in [1.54, 1.807) is 0 Å². The van der Waals surface area contributed by atoms with Gasteiger partial charge in [-0.3, -0.25) is 4.90 Å². The van der Waals surface area contributed by atoms with Gasteiger partial charge in [0.25, 0.3) is 0 Å². The topological polar surface area (TPSA) is 32.7 Å². The fourth-order valence-electron chi connectivity index (χ4n) is 5.05. The quantitative estimate of drug-likeness (QED) is 0.551. The van der Waals surface area contributed by atoms with Gasteiger partial charge in [-0.25, -0.2) is 0 Å². The molecule has 1 fully saturated rings. The molecule has 0 bridgehead atoms. The molecule has 2 heterocycles. The highest BCUT2D eigenvalue weighted by atomic mass is 32.2. The van der Waals surface area contributed by atoms with E-state index in [0.29, 0.717) is 6.04 Å². The molecule has 1 N–H and O–H groups in total. The van der Waals surface area contributed by atoms with Gasteiger partial charge in [0, 0.05) is 30.6 Å². The predicted octanol–water partition coefficient (Wildman–Crippen LogP) is 5.64. The van der Waals surface area contributed by atoms with Crippen molar-refractivity contribution in [3.05, 3.63) is 101 Å². The molecule has 2 aliphatic heterocycles. The minimum atomic E-state index is -0.632. The van der Waals surface area contributed by atoms with Crippen molar-refractivity contribution in [2.75, 3.05) is 24.7 Å². The molecular formula is C28H31NO2S. The summed E-state index contributed by atoms with van der Waals surface area (Å²) in [5.41, 5.74) is 4.39. The third-order valence-electron chi connectivity index (χ3n) is 6.78. The van der Waals surface area contributed by atoms with Crippen LogP contribution in [0.1, 0.15) is 47.1 Å². The Bertz CT molecular complexity index is 965. The van der Waals surface area contributed by atoms with E-state index in [-0.39, 0.29) is 5.92 Å². The van der Waals surface area contributed by atoms with E-state index in [4.69, 9.17) is 4.74 Å². The molecule has 5 rings (SSSR count). The zero-order valence-corrected chi connectivity index (χ0v) is 19.2. The molecule has 4 heteroatoms. The number of hydrogen-bond acceptors (Lipinski definition) is 4. The molecule has 3 aromatic rings. The number of fused-ring (bicyclic) bond motifs is 1. The van der Waals surface area contributed by atoms with Crippen LogP contribution in [-0.4, -0.2) is 40.7 Å². The number of thioether (sulfide) groups is 1. The Hall–Kier alpha value is -2.27. The first kappa shape index (κ1) is 21.6. The van der Waals surface area contributed by atoms with Crippen LogP contribution in [0.25, 0.3) is 0 Å². The molecule has 166 valence electrons. The van der Waals surface area contributed by atoms with Crippen LogP contribution >= 0.6 is 11.8 Å². The maximum atomic E-state index is 11.6. The first-order valence-electron chi connectivity index (χ1n) is 11.6. The smallest absolute Gasteiger partial charge is 0.123 e. The summed E-state index contributed by atoms with van der Waals surface area (Å²) in [7, 11) is 0. The third kappa shape index (κ3) is 4.73. The molecule has 0 unspecified atom stereocenters. The molecule has 0 aromatic heterocycles. The van der Waals surface area contributed by atoms with Gasteiger partial charge in [0.1, 0.15) is 12.4 Å². The number of aliphatic hydroxyl groups excluding tert-OH is 1. The Kier molecular flexibility index (Phi) is 6.82. The van der Waals surface area contributed by atoms with Gasteiger partial charge < -0.3 is 9.84 Å². The Balaban J connectivity index is 1.45. The lowest BCUT2D eigenvalue weighted by atomic mass is 9.83. The minimum Gasteiger partial charge on any atom is -0.492 e. The van der Waals surface area contributed by atoms with Gasteiger partial charge in [0.2, 0.25) is 0 Å². The maximum absolute atomic E-state index is 11.6. The summed E-state index contributed by atoms with van der Waals surface area (Å²) in [6, 6.07) is 27.6. The summed E-state index contributed by atoms with van der Waals surface area (Å²) in [4.78, 5) is 2.59. The SMILES string of the molecule is O[C@H](c1ccc2c(c1)CN(C1CCSCC1)CCO2)C(c1ccccc1)c1ccccc1. The molecule has 32 heavy (non-hydrogen) atoms. The molecule has 0 saturated carbocycles. The van der Waals surface area contributed by atoms with E-state index in [0.717, 1.165) is 42.1 Å². The second-order valence-corrected chi connectivity index (χ2v) is 10.00. The van der Waals surface area contributed by atoms with Crippen molar-refractivity contribution in [2.24, 2.45) is 0 Å². The summed E-state index contributed by atoms with van der Waals surface area (Å²) in [5, 5.41) is 11.6. The zero-order valence-electron chi connectivity index (χ0n) is 18.4. The second kappa shape index (κ2) is 10.1. The van der Waals surface area contributed by atoms with Crippen LogP contribution in [0.15, 0.2) is 78.9 Å². The Morgan fingerprint density at radius 2 is 1.50 bits per heavy atom. The lowest BCUT2D eigenvalue weighted by Crippen LogP contribution is -2.38. The number of ether oxygens (including phenoxy) is 1. The number of aliphatic hydroxyl groups is 1. The van der Waals surface area contributed by atoms with E-state index >= 15 is 0 Å². The van der Waals surface area contributed by atoms with E-state index in [1.165, 1.54) is 29.9 Å². The van der Waals surface area contributed by atoms with Crippen molar-refractivity contribution in [1.29, 1.82) is 0 Å². The molecule has 0 radical (unpaired) electrons. The van der Waals surface area contributed by atoms with Crippen molar-refractivity contribution in [3.8, 4) is 5.75 Å². The lowest BCUT2D eigenvalue weighted by Gasteiger charge is -2.33. The lowest BCUT2D eigenvalue weighted by molar-refractivity contribution is 0.157. The summed E-state index contributed by atoms with van der Waals surface area (Å²) >= 11 is 2.07. The third-order valence-corrected chi connectivity index (χ3v) is 7.82. The summed E-state index contributed by atoms with van der Waals surface area (Å²) in [5.74, 6) is 3.35. The van der Waals surface area contributed by atoms with Crippen LogP contribution in [0, 0.1) is 0 Å². The fourth-order valence-corrected chi connectivity index (χ4v) is 6.13. The predicted molar refractivity (Wildman–Crippen MR) is 132 cm³/mol. The number of nitrogens with zero attached hydrogens (tertiary/aromatic N) is 1. The van der Waals surface area contributed by atoms with Crippen molar-refractivity contribution in [3.63, 3.8) is 0 Å². The number of rotatable bonds is 5. The maximum Gasteiger partial charge on any atom is 0.123 e.